The Morgan fingerprint density at radius 1 is 1.20 bits per heavy atom. The molecule has 1 atom stereocenters. The van der Waals surface area contributed by atoms with E-state index in [-0.39, 0.29) is 0 Å². The highest BCUT2D eigenvalue weighted by atomic mass is 15.1. The van der Waals surface area contributed by atoms with Crippen molar-refractivity contribution in [3.05, 3.63) is 0 Å². The summed E-state index contributed by atoms with van der Waals surface area (Å²) in [4.78, 5) is 2.53. The lowest BCUT2D eigenvalue weighted by Gasteiger charge is -2.25. The van der Waals surface area contributed by atoms with Crippen molar-refractivity contribution in [2.75, 3.05) is 20.1 Å². The molecule has 0 bridgehead atoms. The fourth-order valence-electron chi connectivity index (χ4n) is 2.72. The summed E-state index contributed by atoms with van der Waals surface area (Å²) in [5.41, 5.74) is 0. The van der Waals surface area contributed by atoms with Crippen LogP contribution in [-0.2, 0) is 0 Å². The first-order chi connectivity index (χ1) is 7.27. The Kier molecular flexibility index (Phi) is 4.04. The molecular weight excluding hydrogens is 184 g/mol. The number of hydrogen-bond donors (Lipinski definition) is 1. The van der Waals surface area contributed by atoms with Crippen LogP contribution >= 0.6 is 0 Å². The Morgan fingerprint density at radius 3 is 2.47 bits per heavy atom. The molecule has 2 nitrogen and oxygen atoms in total. The third-order valence-corrected chi connectivity index (χ3v) is 4.25. The predicted molar refractivity (Wildman–Crippen MR) is 65.1 cm³/mol. The van der Waals surface area contributed by atoms with Crippen LogP contribution in [0.4, 0.5) is 0 Å². The summed E-state index contributed by atoms with van der Waals surface area (Å²) in [5, 5.41) is 3.69. The van der Waals surface area contributed by atoms with Crippen molar-refractivity contribution >= 4 is 0 Å². The van der Waals surface area contributed by atoms with Crippen LogP contribution in [0.1, 0.15) is 45.4 Å². The van der Waals surface area contributed by atoms with Crippen LogP contribution in [0.3, 0.4) is 0 Å². The second-order valence-electron chi connectivity index (χ2n) is 5.49. The molecule has 0 aromatic rings. The van der Waals surface area contributed by atoms with Crippen LogP contribution in [-0.4, -0.2) is 37.1 Å². The van der Waals surface area contributed by atoms with Gasteiger partial charge in [0, 0.05) is 25.2 Å². The number of hydrogen-bond acceptors (Lipinski definition) is 2. The number of nitrogens with zero attached hydrogens (tertiary/aromatic N) is 1. The molecule has 0 saturated heterocycles. The summed E-state index contributed by atoms with van der Waals surface area (Å²) in [6.45, 7) is 4.78. The number of nitrogens with one attached hydrogen (secondary N) is 1. The third-order valence-electron chi connectivity index (χ3n) is 4.25. The van der Waals surface area contributed by atoms with Crippen molar-refractivity contribution < 1.29 is 0 Å². The van der Waals surface area contributed by atoms with Gasteiger partial charge in [-0.1, -0.05) is 12.8 Å². The second kappa shape index (κ2) is 5.31. The van der Waals surface area contributed by atoms with Gasteiger partial charge in [0.1, 0.15) is 0 Å². The van der Waals surface area contributed by atoms with E-state index in [0.717, 1.165) is 18.0 Å². The first kappa shape index (κ1) is 11.4. The average molecular weight is 210 g/mol. The molecule has 0 aliphatic heterocycles. The monoisotopic (exact) mass is 210 g/mol. The molecule has 15 heavy (non-hydrogen) atoms. The maximum atomic E-state index is 3.69. The van der Waals surface area contributed by atoms with E-state index in [0.29, 0.717) is 0 Å². The molecule has 0 radical (unpaired) electrons. The summed E-state index contributed by atoms with van der Waals surface area (Å²) in [5.74, 6) is 1.00. The van der Waals surface area contributed by atoms with Crippen LogP contribution in [0, 0.1) is 5.92 Å². The van der Waals surface area contributed by atoms with Gasteiger partial charge in [-0.25, -0.2) is 0 Å². The summed E-state index contributed by atoms with van der Waals surface area (Å²) in [7, 11) is 2.28. The van der Waals surface area contributed by atoms with E-state index in [1.54, 1.807) is 0 Å². The highest BCUT2D eigenvalue weighted by Crippen LogP contribution is 2.34. The Labute approximate surface area is 94.4 Å². The van der Waals surface area contributed by atoms with Gasteiger partial charge in [-0.05, 0) is 45.6 Å². The topological polar surface area (TPSA) is 15.3 Å². The van der Waals surface area contributed by atoms with Crippen LogP contribution in [0.5, 0.6) is 0 Å². The molecule has 2 fully saturated rings. The zero-order valence-corrected chi connectivity index (χ0v) is 10.3. The second-order valence-corrected chi connectivity index (χ2v) is 5.49. The lowest BCUT2D eigenvalue weighted by atomic mass is 10.2. The van der Waals surface area contributed by atoms with Crippen molar-refractivity contribution in [3.63, 3.8) is 0 Å². The van der Waals surface area contributed by atoms with Crippen molar-refractivity contribution in [1.82, 2.24) is 10.2 Å². The van der Waals surface area contributed by atoms with E-state index in [1.165, 1.54) is 51.6 Å². The van der Waals surface area contributed by atoms with Crippen molar-refractivity contribution in [1.29, 1.82) is 0 Å². The highest BCUT2D eigenvalue weighted by molar-refractivity contribution is 4.84. The molecule has 2 saturated carbocycles. The minimum absolute atomic E-state index is 0.801. The summed E-state index contributed by atoms with van der Waals surface area (Å²) < 4.78 is 0. The molecule has 0 amide bonds. The molecule has 2 aliphatic rings. The van der Waals surface area contributed by atoms with Gasteiger partial charge in [-0.2, -0.15) is 0 Å². The first-order valence-electron chi connectivity index (χ1n) is 6.71. The molecule has 2 rings (SSSR count). The highest BCUT2D eigenvalue weighted by Gasteiger charge is 2.30. The summed E-state index contributed by atoms with van der Waals surface area (Å²) in [6, 6.07) is 1.63. The molecule has 0 heterocycles. The Hall–Kier alpha value is -0.0800. The fraction of sp³-hybridized carbons (Fsp3) is 1.00. The number of rotatable bonds is 6. The Balaban J connectivity index is 1.55. The van der Waals surface area contributed by atoms with E-state index in [9.17, 15) is 0 Å². The zero-order chi connectivity index (χ0) is 10.7. The lowest BCUT2D eigenvalue weighted by molar-refractivity contribution is 0.232. The van der Waals surface area contributed by atoms with E-state index >= 15 is 0 Å². The summed E-state index contributed by atoms with van der Waals surface area (Å²) in [6.07, 6.45) is 8.60. The lowest BCUT2D eigenvalue weighted by Crippen LogP contribution is -2.38. The Bertz CT molecular complexity index is 183. The minimum atomic E-state index is 0.801. The molecule has 88 valence electrons. The zero-order valence-electron chi connectivity index (χ0n) is 10.3. The molecule has 0 aromatic heterocycles. The van der Waals surface area contributed by atoms with Crippen LogP contribution in [0.25, 0.3) is 0 Å². The quantitative estimate of drug-likeness (QED) is 0.723. The largest absolute Gasteiger partial charge is 0.313 e. The predicted octanol–water partition coefficient (Wildman–Crippen LogP) is 2.25. The maximum Gasteiger partial charge on any atom is 0.0107 e. The normalized spacial score (nSPS) is 25.0. The van der Waals surface area contributed by atoms with Gasteiger partial charge in [0.2, 0.25) is 0 Å². The Morgan fingerprint density at radius 2 is 1.87 bits per heavy atom. The molecule has 2 aliphatic carbocycles. The third kappa shape index (κ3) is 3.46. The van der Waals surface area contributed by atoms with E-state index < -0.39 is 0 Å². The van der Waals surface area contributed by atoms with Crippen LogP contribution in [0.2, 0.25) is 0 Å². The smallest absolute Gasteiger partial charge is 0.0107 e. The van der Waals surface area contributed by atoms with Gasteiger partial charge in [0.05, 0.1) is 0 Å². The molecule has 0 spiro atoms. The van der Waals surface area contributed by atoms with Gasteiger partial charge in [-0.3, -0.25) is 0 Å². The fourth-order valence-corrected chi connectivity index (χ4v) is 2.72. The average Bonchev–Trinajstić information content (AvgIpc) is 2.96. The van der Waals surface area contributed by atoms with Gasteiger partial charge >= 0.3 is 0 Å². The van der Waals surface area contributed by atoms with Crippen LogP contribution in [0.15, 0.2) is 0 Å². The molecule has 2 heteroatoms. The number of likely N-dealkylation sites (N-methyl/N-ethyl adjacent to an activating group) is 1. The standard InChI is InChI=1S/C13H26N2/c1-11(12-7-8-12)15(2)10-9-14-13-5-3-4-6-13/h11-14H,3-10H2,1-2H3. The molecular formula is C13H26N2. The van der Waals surface area contributed by atoms with Gasteiger partial charge in [0.15, 0.2) is 0 Å². The van der Waals surface area contributed by atoms with Crippen LogP contribution < -0.4 is 5.32 Å². The van der Waals surface area contributed by atoms with Gasteiger partial charge in [0.25, 0.3) is 0 Å². The van der Waals surface area contributed by atoms with E-state index in [1.807, 2.05) is 0 Å². The molecule has 0 aromatic carbocycles. The SMILES string of the molecule is CC(C1CC1)N(C)CCNC1CCCC1. The van der Waals surface area contributed by atoms with Crippen molar-refractivity contribution in [2.45, 2.75) is 57.5 Å². The minimum Gasteiger partial charge on any atom is -0.313 e. The summed E-state index contributed by atoms with van der Waals surface area (Å²) >= 11 is 0. The van der Waals surface area contributed by atoms with E-state index in [4.69, 9.17) is 0 Å². The van der Waals surface area contributed by atoms with Crippen molar-refractivity contribution in [2.24, 2.45) is 5.92 Å². The van der Waals surface area contributed by atoms with Gasteiger partial charge < -0.3 is 10.2 Å². The maximum absolute atomic E-state index is 3.69. The molecule has 1 unspecified atom stereocenters. The van der Waals surface area contributed by atoms with Gasteiger partial charge in [-0.15, -0.1) is 0 Å². The van der Waals surface area contributed by atoms with Crippen molar-refractivity contribution in [3.8, 4) is 0 Å². The molecule has 1 N–H and O–H groups in total. The first-order valence-corrected chi connectivity index (χ1v) is 6.71. The van der Waals surface area contributed by atoms with E-state index in [2.05, 4.69) is 24.2 Å².